The second kappa shape index (κ2) is 8.76. The molecule has 1 aliphatic heterocycles. The van der Waals surface area contributed by atoms with Gasteiger partial charge in [0.25, 0.3) is 0 Å². The van der Waals surface area contributed by atoms with Crippen LogP contribution in [-0.2, 0) is 20.9 Å². The normalized spacial score (nSPS) is 20.8. The molecule has 0 radical (unpaired) electrons. The van der Waals surface area contributed by atoms with Crippen molar-refractivity contribution in [2.24, 2.45) is 5.92 Å². The fourth-order valence-electron chi connectivity index (χ4n) is 3.77. The minimum absolute atomic E-state index is 0.0300. The third kappa shape index (κ3) is 4.49. The van der Waals surface area contributed by atoms with E-state index in [1.807, 2.05) is 30.3 Å². The smallest absolute Gasteiger partial charge is 0.249 e. The Balaban J connectivity index is 1.45. The number of carbonyl (C=O) groups excluding carboxylic acids is 2. The van der Waals surface area contributed by atoms with Crippen molar-refractivity contribution in [1.29, 1.82) is 0 Å². The summed E-state index contributed by atoms with van der Waals surface area (Å²) in [6.07, 6.45) is 2.15. The zero-order valence-electron chi connectivity index (χ0n) is 16.3. The van der Waals surface area contributed by atoms with Gasteiger partial charge in [0.05, 0.1) is 12.6 Å². The molecule has 1 saturated carbocycles. The maximum atomic E-state index is 12.5. The van der Waals surface area contributed by atoms with E-state index in [2.05, 4.69) is 5.32 Å². The second-order valence-corrected chi connectivity index (χ2v) is 7.77. The van der Waals surface area contributed by atoms with Gasteiger partial charge in [-0.1, -0.05) is 48.9 Å². The van der Waals surface area contributed by atoms with Crippen LogP contribution >= 0.6 is 0 Å². The van der Waals surface area contributed by atoms with Crippen LogP contribution in [0.25, 0.3) is 0 Å². The van der Waals surface area contributed by atoms with Gasteiger partial charge in [-0.15, -0.1) is 0 Å². The van der Waals surface area contributed by atoms with Gasteiger partial charge < -0.3 is 20.1 Å². The number of nitrogens with one attached hydrogen (secondary N) is 1. The molecule has 2 unspecified atom stereocenters. The average Bonchev–Trinajstić information content (AvgIpc) is 2.69. The molecule has 6 nitrogen and oxygen atoms in total. The molecule has 2 aromatic carbocycles. The van der Waals surface area contributed by atoms with Crippen LogP contribution < -0.4 is 5.32 Å². The molecular formula is C23H26N2O4. The van der Waals surface area contributed by atoms with Gasteiger partial charge in [0.15, 0.2) is 0 Å². The molecule has 2 fully saturated rings. The first-order valence-electron chi connectivity index (χ1n) is 10.1. The van der Waals surface area contributed by atoms with Crippen molar-refractivity contribution in [3.63, 3.8) is 0 Å². The van der Waals surface area contributed by atoms with E-state index in [1.54, 1.807) is 29.2 Å². The molecule has 1 saturated heterocycles. The summed E-state index contributed by atoms with van der Waals surface area (Å²) < 4.78 is 5.42. The number of rotatable bonds is 6. The highest BCUT2D eigenvalue weighted by molar-refractivity contribution is 5.93. The second-order valence-electron chi connectivity index (χ2n) is 7.77. The van der Waals surface area contributed by atoms with Crippen molar-refractivity contribution in [3.8, 4) is 0 Å². The van der Waals surface area contributed by atoms with E-state index in [-0.39, 0.29) is 30.9 Å². The lowest BCUT2D eigenvalue weighted by atomic mass is 9.85. The number of aliphatic hydroxyl groups is 1. The quantitative estimate of drug-likeness (QED) is 0.790. The molecule has 2 N–H and O–H groups in total. The van der Waals surface area contributed by atoms with Crippen LogP contribution in [0, 0.1) is 5.92 Å². The molecule has 2 aromatic rings. The number of ether oxygens (including phenoxy) is 1. The molecule has 1 heterocycles. The fraction of sp³-hybridized carbons (Fsp3) is 0.391. The summed E-state index contributed by atoms with van der Waals surface area (Å²) in [4.78, 5) is 26.2. The van der Waals surface area contributed by atoms with Gasteiger partial charge in [0, 0.05) is 18.2 Å². The summed E-state index contributed by atoms with van der Waals surface area (Å²) >= 11 is 0. The Bertz CT molecular complexity index is 849. The predicted molar refractivity (Wildman–Crippen MR) is 109 cm³/mol. The van der Waals surface area contributed by atoms with Crippen LogP contribution in [-0.4, -0.2) is 41.1 Å². The van der Waals surface area contributed by atoms with E-state index < -0.39 is 12.1 Å². The third-order valence-corrected chi connectivity index (χ3v) is 5.79. The molecule has 2 amide bonds. The number of benzene rings is 2. The maximum absolute atomic E-state index is 12.5. The van der Waals surface area contributed by atoms with E-state index >= 15 is 0 Å². The molecule has 29 heavy (non-hydrogen) atoms. The molecule has 152 valence electrons. The first-order valence-corrected chi connectivity index (χ1v) is 10.1. The van der Waals surface area contributed by atoms with Crippen molar-refractivity contribution in [1.82, 2.24) is 4.90 Å². The SMILES string of the molecule is O=C(Nc1ccc(C(O)C2COCC(=O)N2Cc2ccccc2)cc1)C1CCC1. The molecule has 1 aliphatic carbocycles. The van der Waals surface area contributed by atoms with Crippen LogP contribution in [0.15, 0.2) is 54.6 Å². The number of amides is 2. The van der Waals surface area contributed by atoms with Crippen LogP contribution in [0.4, 0.5) is 5.69 Å². The predicted octanol–water partition coefficient (Wildman–Crippen LogP) is 2.89. The minimum atomic E-state index is -0.876. The Hall–Kier alpha value is -2.70. The van der Waals surface area contributed by atoms with Crippen molar-refractivity contribution in [2.45, 2.75) is 38.0 Å². The van der Waals surface area contributed by atoms with E-state index in [9.17, 15) is 14.7 Å². The summed E-state index contributed by atoms with van der Waals surface area (Å²) in [5.41, 5.74) is 2.41. The molecule has 2 atom stereocenters. The van der Waals surface area contributed by atoms with Crippen molar-refractivity contribution >= 4 is 17.5 Å². The van der Waals surface area contributed by atoms with Gasteiger partial charge in [-0.05, 0) is 36.1 Å². The standard InChI is InChI=1S/C23H26N2O4/c26-21-15-29-14-20(25(21)13-16-5-2-1-3-6-16)22(27)17-9-11-19(12-10-17)24-23(28)18-7-4-8-18/h1-3,5-6,9-12,18,20,22,27H,4,7-8,13-15H2,(H,24,28). The van der Waals surface area contributed by atoms with Gasteiger partial charge in [-0.3, -0.25) is 9.59 Å². The highest BCUT2D eigenvalue weighted by atomic mass is 16.5. The molecule has 0 bridgehead atoms. The Kier molecular flexibility index (Phi) is 5.92. The highest BCUT2D eigenvalue weighted by Gasteiger charge is 2.34. The topological polar surface area (TPSA) is 78.9 Å². The molecule has 0 spiro atoms. The maximum Gasteiger partial charge on any atom is 0.249 e. The Labute approximate surface area is 170 Å². The van der Waals surface area contributed by atoms with Crippen LogP contribution in [0.3, 0.4) is 0 Å². The average molecular weight is 394 g/mol. The summed E-state index contributed by atoms with van der Waals surface area (Å²) in [5.74, 6) is 0.0515. The number of hydrogen-bond donors (Lipinski definition) is 2. The van der Waals surface area contributed by atoms with Gasteiger partial charge in [-0.25, -0.2) is 0 Å². The molecule has 0 aromatic heterocycles. The fourth-order valence-corrected chi connectivity index (χ4v) is 3.77. The highest BCUT2D eigenvalue weighted by Crippen LogP contribution is 2.29. The molecule has 2 aliphatic rings. The largest absolute Gasteiger partial charge is 0.386 e. The van der Waals surface area contributed by atoms with Gasteiger partial charge in [0.1, 0.15) is 12.7 Å². The summed E-state index contributed by atoms with van der Waals surface area (Å²) in [6, 6.07) is 16.4. The van der Waals surface area contributed by atoms with Gasteiger partial charge in [0.2, 0.25) is 11.8 Å². The number of carbonyl (C=O) groups is 2. The summed E-state index contributed by atoms with van der Waals surface area (Å²) in [6.45, 7) is 0.738. The number of anilines is 1. The number of aliphatic hydroxyl groups excluding tert-OH is 1. The zero-order valence-corrected chi connectivity index (χ0v) is 16.3. The lowest BCUT2D eigenvalue weighted by Gasteiger charge is -2.38. The van der Waals surface area contributed by atoms with Gasteiger partial charge in [-0.2, -0.15) is 0 Å². The van der Waals surface area contributed by atoms with Crippen LogP contribution in [0.5, 0.6) is 0 Å². The molecule has 6 heteroatoms. The lowest BCUT2D eigenvalue weighted by molar-refractivity contribution is -0.155. The third-order valence-electron chi connectivity index (χ3n) is 5.79. The number of morpholine rings is 1. The Morgan fingerprint density at radius 3 is 2.52 bits per heavy atom. The van der Waals surface area contributed by atoms with Crippen molar-refractivity contribution < 1.29 is 19.4 Å². The Morgan fingerprint density at radius 2 is 1.86 bits per heavy atom. The van der Waals surface area contributed by atoms with Crippen molar-refractivity contribution in [2.75, 3.05) is 18.5 Å². The van der Waals surface area contributed by atoms with E-state index in [1.165, 1.54) is 0 Å². The first kappa shape index (κ1) is 19.6. The van der Waals surface area contributed by atoms with Crippen LogP contribution in [0.2, 0.25) is 0 Å². The first-order chi connectivity index (χ1) is 14.1. The lowest BCUT2D eigenvalue weighted by Crippen LogP contribution is -2.51. The zero-order chi connectivity index (χ0) is 20.2. The van der Waals surface area contributed by atoms with E-state index in [4.69, 9.17) is 4.74 Å². The van der Waals surface area contributed by atoms with E-state index in [0.29, 0.717) is 12.1 Å². The molecule has 4 rings (SSSR count). The van der Waals surface area contributed by atoms with Crippen LogP contribution in [0.1, 0.15) is 36.5 Å². The molecular weight excluding hydrogens is 368 g/mol. The van der Waals surface area contributed by atoms with Gasteiger partial charge >= 0.3 is 0 Å². The monoisotopic (exact) mass is 394 g/mol. The number of nitrogens with zero attached hydrogens (tertiary/aromatic N) is 1. The van der Waals surface area contributed by atoms with E-state index in [0.717, 1.165) is 30.5 Å². The van der Waals surface area contributed by atoms with Crippen molar-refractivity contribution in [3.05, 3.63) is 65.7 Å². The minimum Gasteiger partial charge on any atom is -0.386 e. The Morgan fingerprint density at radius 1 is 1.14 bits per heavy atom. The summed E-state index contributed by atoms with van der Waals surface area (Å²) in [5, 5.41) is 13.9. The summed E-state index contributed by atoms with van der Waals surface area (Å²) in [7, 11) is 0. The number of hydrogen-bond acceptors (Lipinski definition) is 4.